The van der Waals surface area contributed by atoms with Crippen LogP contribution >= 0.6 is 22.9 Å². The lowest BCUT2D eigenvalue weighted by atomic mass is 9.85. The number of nitrogens with two attached hydrogens (primary N) is 1. The number of hydrogen-bond donors (Lipinski definition) is 1. The summed E-state index contributed by atoms with van der Waals surface area (Å²) in [6.45, 7) is 0. The predicted molar refractivity (Wildman–Crippen MR) is 59.6 cm³/mol. The van der Waals surface area contributed by atoms with Crippen LogP contribution in [-0.2, 0) is 0 Å². The van der Waals surface area contributed by atoms with Gasteiger partial charge in [0.2, 0.25) is 0 Å². The fraction of sp³-hybridized carbons (Fsp3) is 0.600. The quantitative estimate of drug-likeness (QED) is 0.752. The van der Waals surface area contributed by atoms with Gasteiger partial charge in [-0.1, -0.05) is 30.9 Å². The minimum Gasteiger partial charge on any atom is -0.397 e. The van der Waals surface area contributed by atoms with Crippen LogP contribution < -0.4 is 5.73 Å². The number of nitrogen functional groups attached to an aromatic ring is 1. The first kappa shape index (κ1) is 9.35. The molecule has 1 aliphatic carbocycles. The average molecular weight is 216 g/mol. The molecule has 1 heterocycles. The SMILES string of the molecule is Nc1c(C2CCCCC2)csc1Cl. The van der Waals surface area contributed by atoms with Crippen molar-refractivity contribution in [3.05, 3.63) is 15.3 Å². The predicted octanol–water partition coefficient (Wildman–Crippen LogP) is 4.03. The number of halogens is 1. The summed E-state index contributed by atoms with van der Waals surface area (Å²) >= 11 is 7.51. The molecule has 1 aromatic heterocycles. The average Bonchev–Trinajstić information content (AvgIpc) is 2.49. The summed E-state index contributed by atoms with van der Waals surface area (Å²) in [5.41, 5.74) is 8.04. The van der Waals surface area contributed by atoms with Gasteiger partial charge in [0.1, 0.15) is 4.34 Å². The molecule has 1 fully saturated rings. The molecule has 1 nitrogen and oxygen atoms in total. The van der Waals surface area contributed by atoms with E-state index in [1.165, 1.54) is 37.7 Å². The van der Waals surface area contributed by atoms with Gasteiger partial charge < -0.3 is 5.73 Å². The van der Waals surface area contributed by atoms with Gasteiger partial charge >= 0.3 is 0 Å². The van der Waals surface area contributed by atoms with Gasteiger partial charge in [0.05, 0.1) is 5.69 Å². The Kier molecular flexibility index (Phi) is 2.80. The van der Waals surface area contributed by atoms with E-state index in [4.69, 9.17) is 17.3 Å². The highest BCUT2D eigenvalue weighted by Crippen LogP contribution is 2.41. The fourth-order valence-corrected chi connectivity index (χ4v) is 3.12. The first-order valence-electron chi connectivity index (χ1n) is 4.81. The standard InChI is InChI=1S/C10H14ClNS/c11-10-9(12)8(6-13-10)7-4-2-1-3-5-7/h6-7H,1-5,12H2. The van der Waals surface area contributed by atoms with E-state index in [-0.39, 0.29) is 0 Å². The van der Waals surface area contributed by atoms with Crippen molar-refractivity contribution in [1.29, 1.82) is 0 Å². The highest BCUT2D eigenvalue weighted by molar-refractivity contribution is 7.15. The third kappa shape index (κ3) is 1.84. The van der Waals surface area contributed by atoms with Crippen LogP contribution in [0.15, 0.2) is 5.38 Å². The van der Waals surface area contributed by atoms with E-state index in [0.29, 0.717) is 5.92 Å². The monoisotopic (exact) mass is 215 g/mol. The summed E-state index contributed by atoms with van der Waals surface area (Å²) < 4.78 is 0.764. The van der Waals surface area contributed by atoms with E-state index in [1.807, 2.05) is 0 Å². The molecule has 1 aliphatic rings. The van der Waals surface area contributed by atoms with Crippen LogP contribution in [0.1, 0.15) is 43.6 Å². The van der Waals surface area contributed by atoms with Crippen LogP contribution in [0.2, 0.25) is 4.34 Å². The molecule has 0 atom stereocenters. The fourth-order valence-electron chi connectivity index (χ4n) is 2.09. The molecule has 0 radical (unpaired) electrons. The summed E-state index contributed by atoms with van der Waals surface area (Å²) in [5.74, 6) is 0.678. The van der Waals surface area contributed by atoms with E-state index < -0.39 is 0 Å². The van der Waals surface area contributed by atoms with E-state index in [2.05, 4.69) is 5.38 Å². The lowest BCUT2D eigenvalue weighted by Crippen LogP contribution is -2.05. The Morgan fingerprint density at radius 2 is 2.00 bits per heavy atom. The normalized spacial score (nSPS) is 19.2. The van der Waals surface area contributed by atoms with Crippen molar-refractivity contribution in [3.63, 3.8) is 0 Å². The van der Waals surface area contributed by atoms with Crippen LogP contribution in [-0.4, -0.2) is 0 Å². The Balaban J connectivity index is 2.18. The Hall–Kier alpha value is -0.210. The molecule has 0 unspecified atom stereocenters. The van der Waals surface area contributed by atoms with Crippen molar-refractivity contribution >= 4 is 28.6 Å². The molecule has 1 saturated carbocycles. The van der Waals surface area contributed by atoms with Gasteiger partial charge in [-0.2, -0.15) is 0 Å². The lowest BCUT2D eigenvalue weighted by Gasteiger charge is -2.21. The molecule has 0 aliphatic heterocycles. The van der Waals surface area contributed by atoms with Crippen molar-refractivity contribution in [1.82, 2.24) is 0 Å². The van der Waals surface area contributed by atoms with Gasteiger partial charge in [-0.05, 0) is 29.7 Å². The summed E-state index contributed by atoms with van der Waals surface area (Å²) in [7, 11) is 0. The second-order valence-corrected chi connectivity index (χ2v) is 5.20. The van der Waals surface area contributed by atoms with Crippen molar-refractivity contribution in [2.45, 2.75) is 38.0 Å². The first-order chi connectivity index (χ1) is 6.29. The Morgan fingerprint density at radius 3 is 2.54 bits per heavy atom. The second kappa shape index (κ2) is 3.89. The molecule has 0 aromatic carbocycles. The number of thiophene rings is 1. The summed E-state index contributed by atoms with van der Waals surface area (Å²) in [6, 6.07) is 0. The van der Waals surface area contributed by atoms with Gasteiger partial charge in [0.25, 0.3) is 0 Å². The van der Waals surface area contributed by atoms with Crippen molar-refractivity contribution in [3.8, 4) is 0 Å². The van der Waals surface area contributed by atoms with Gasteiger partial charge in [-0.3, -0.25) is 0 Å². The minimum absolute atomic E-state index is 0.678. The number of hydrogen-bond acceptors (Lipinski definition) is 2. The Morgan fingerprint density at radius 1 is 1.31 bits per heavy atom. The molecular weight excluding hydrogens is 202 g/mol. The minimum atomic E-state index is 0.678. The third-order valence-electron chi connectivity index (χ3n) is 2.86. The molecular formula is C10H14ClNS. The third-order valence-corrected chi connectivity index (χ3v) is 4.13. The van der Waals surface area contributed by atoms with Gasteiger partial charge in [0.15, 0.2) is 0 Å². The smallest absolute Gasteiger partial charge is 0.116 e. The van der Waals surface area contributed by atoms with E-state index in [9.17, 15) is 0 Å². The molecule has 0 saturated heterocycles. The molecule has 1 aromatic rings. The van der Waals surface area contributed by atoms with E-state index in [0.717, 1.165) is 10.0 Å². The summed E-state index contributed by atoms with van der Waals surface area (Å²) in [5, 5.41) is 2.13. The van der Waals surface area contributed by atoms with Crippen LogP contribution in [0.4, 0.5) is 5.69 Å². The largest absolute Gasteiger partial charge is 0.397 e. The van der Waals surface area contributed by atoms with E-state index in [1.54, 1.807) is 11.3 Å². The topological polar surface area (TPSA) is 26.0 Å². The van der Waals surface area contributed by atoms with Gasteiger partial charge in [0, 0.05) is 0 Å². The molecule has 2 rings (SSSR count). The molecule has 72 valence electrons. The van der Waals surface area contributed by atoms with Crippen molar-refractivity contribution in [2.24, 2.45) is 0 Å². The van der Waals surface area contributed by atoms with Crippen molar-refractivity contribution in [2.75, 3.05) is 5.73 Å². The maximum atomic E-state index is 5.94. The molecule has 2 N–H and O–H groups in total. The Bertz CT molecular complexity index is 289. The zero-order valence-corrected chi connectivity index (χ0v) is 9.13. The number of anilines is 1. The van der Waals surface area contributed by atoms with Crippen LogP contribution in [0.3, 0.4) is 0 Å². The van der Waals surface area contributed by atoms with Crippen LogP contribution in [0.25, 0.3) is 0 Å². The highest BCUT2D eigenvalue weighted by Gasteiger charge is 2.19. The summed E-state index contributed by atoms with van der Waals surface area (Å²) in [6.07, 6.45) is 6.65. The van der Waals surface area contributed by atoms with Crippen LogP contribution in [0, 0.1) is 0 Å². The molecule has 13 heavy (non-hydrogen) atoms. The zero-order valence-electron chi connectivity index (χ0n) is 7.55. The van der Waals surface area contributed by atoms with E-state index >= 15 is 0 Å². The number of rotatable bonds is 1. The van der Waals surface area contributed by atoms with Gasteiger partial charge in [-0.25, -0.2) is 0 Å². The first-order valence-corrected chi connectivity index (χ1v) is 6.07. The second-order valence-electron chi connectivity index (χ2n) is 3.71. The lowest BCUT2D eigenvalue weighted by molar-refractivity contribution is 0.445. The zero-order chi connectivity index (χ0) is 9.26. The maximum absolute atomic E-state index is 5.94. The highest BCUT2D eigenvalue weighted by atomic mass is 35.5. The molecule has 0 bridgehead atoms. The molecule has 3 heteroatoms. The maximum Gasteiger partial charge on any atom is 0.116 e. The van der Waals surface area contributed by atoms with Crippen molar-refractivity contribution < 1.29 is 0 Å². The van der Waals surface area contributed by atoms with Gasteiger partial charge in [-0.15, -0.1) is 11.3 Å². The van der Waals surface area contributed by atoms with Crippen LogP contribution in [0.5, 0.6) is 0 Å². The molecule has 0 spiro atoms. The molecule has 0 amide bonds. The Labute approximate surface area is 87.9 Å². The summed E-state index contributed by atoms with van der Waals surface area (Å²) in [4.78, 5) is 0.